The fourth-order valence-electron chi connectivity index (χ4n) is 3.42. The van der Waals surface area contributed by atoms with Gasteiger partial charge in [-0.3, -0.25) is 9.69 Å². The van der Waals surface area contributed by atoms with E-state index in [1.807, 2.05) is 4.90 Å². The standard InChI is InChI=1S/C19H18ClF2NO2/c20-16-6-2-1-5-14(16)18(15-8-7-13(21)10-17(15)22)23-9-3-4-12(11-23)19(24)25/h1-2,5-8,10,12,18H,3-4,9,11H2,(H,24,25). The lowest BCUT2D eigenvalue weighted by atomic mass is 9.91. The molecule has 132 valence electrons. The summed E-state index contributed by atoms with van der Waals surface area (Å²) < 4.78 is 27.8. The van der Waals surface area contributed by atoms with Crippen LogP contribution in [0.25, 0.3) is 0 Å². The molecule has 25 heavy (non-hydrogen) atoms. The van der Waals surface area contributed by atoms with Crippen LogP contribution in [0.3, 0.4) is 0 Å². The second-order valence-corrected chi connectivity index (χ2v) is 6.67. The van der Waals surface area contributed by atoms with Crippen molar-refractivity contribution in [1.82, 2.24) is 4.90 Å². The highest BCUT2D eigenvalue weighted by Gasteiger charge is 2.33. The number of likely N-dealkylation sites (tertiary alicyclic amines) is 1. The number of benzene rings is 2. The molecule has 1 N–H and O–H groups in total. The normalized spacial score (nSPS) is 19.6. The van der Waals surface area contributed by atoms with E-state index >= 15 is 0 Å². The van der Waals surface area contributed by atoms with Gasteiger partial charge in [-0.2, -0.15) is 0 Å². The summed E-state index contributed by atoms with van der Waals surface area (Å²) in [5, 5.41) is 9.81. The van der Waals surface area contributed by atoms with Crippen molar-refractivity contribution in [2.45, 2.75) is 18.9 Å². The van der Waals surface area contributed by atoms with E-state index in [9.17, 15) is 18.7 Å². The Balaban J connectivity index is 2.06. The van der Waals surface area contributed by atoms with Crippen molar-refractivity contribution in [3.8, 4) is 0 Å². The van der Waals surface area contributed by atoms with E-state index in [1.165, 1.54) is 12.1 Å². The smallest absolute Gasteiger partial charge is 0.307 e. The van der Waals surface area contributed by atoms with Crippen LogP contribution in [0.15, 0.2) is 42.5 Å². The number of carboxylic acid groups (broad SMARTS) is 1. The highest BCUT2D eigenvalue weighted by atomic mass is 35.5. The van der Waals surface area contributed by atoms with Gasteiger partial charge in [0.2, 0.25) is 0 Å². The van der Waals surface area contributed by atoms with Gasteiger partial charge >= 0.3 is 5.97 Å². The highest BCUT2D eigenvalue weighted by molar-refractivity contribution is 6.31. The number of nitrogens with zero attached hydrogens (tertiary/aromatic N) is 1. The first-order valence-electron chi connectivity index (χ1n) is 8.13. The molecule has 0 radical (unpaired) electrons. The minimum absolute atomic E-state index is 0.292. The fraction of sp³-hybridized carbons (Fsp3) is 0.316. The average Bonchev–Trinajstić information content (AvgIpc) is 2.59. The van der Waals surface area contributed by atoms with Crippen molar-refractivity contribution in [2.24, 2.45) is 5.92 Å². The van der Waals surface area contributed by atoms with E-state index in [1.54, 1.807) is 24.3 Å². The van der Waals surface area contributed by atoms with Crippen molar-refractivity contribution in [3.05, 3.63) is 70.2 Å². The van der Waals surface area contributed by atoms with E-state index in [0.29, 0.717) is 42.1 Å². The molecular formula is C19H18ClF2NO2. The average molecular weight is 366 g/mol. The summed E-state index contributed by atoms with van der Waals surface area (Å²) in [5.74, 6) is -2.69. The lowest BCUT2D eigenvalue weighted by molar-refractivity contribution is -0.143. The molecule has 0 saturated carbocycles. The summed E-state index contributed by atoms with van der Waals surface area (Å²) in [5.41, 5.74) is 0.973. The Morgan fingerprint density at radius 3 is 2.64 bits per heavy atom. The molecule has 2 unspecified atom stereocenters. The number of piperidine rings is 1. The monoisotopic (exact) mass is 365 g/mol. The van der Waals surface area contributed by atoms with Crippen LogP contribution < -0.4 is 0 Å². The molecule has 3 rings (SSSR count). The van der Waals surface area contributed by atoms with Gasteiger partial charge in [-0.25, -0.2) is 8.78 Å². The van der Waals surface area contributed by atoms with Crippen LogP contribution in [0.5, 0.6) is 0 Å². The van der Waals surface area contributed by atoms with Gasteiger partial charge in [-0.1, -0.05) is 35.9 Å². The molecule has 1 heterocycles. The number of rotatable bonds is 4. The predicted octanol–water partition coefficient (Wildman–Crippen LogP) is 4.50. The minimum atomic E-state index is -0.859. The zero-order chi connectivity index (χ0) is 18.0. The first-order valence-corrected chi connectivity index (χ1v) is 8.51. The molecule has 2 atom stereocenters. The molecular weight excluding hydrogens is 348 g/mol. The molecule has 6 heteroatoms. The highest BCUT2D eigenvalue weighted by Crippen LogP contribution is 2.37. The Morgan fingerprint density at radius 2 is 1.96 bits per heavy atom. The van der Waals surface area contributed by atoms with Crippen LogP contribution in [0.2, 0.25) is 5.02 Å². The van der Waals surface area contributed by atoms with Gasteiger partial charge < -0.3 is 5.11 Å². The molecule has 1 fully saturated rings. The van der Waals surface area contributed by atoms with Crippen molar-refractivity contribution in [2.75, 3.05) is 13.1 Å². The van der Waals surface area contributed by atoms with Crippen LogP contribution in [0.1, 0.15) is 30.0 Å². The molecule has 2 aromatic rings. The van der Waals surface area contributed by atoms with Gasteiger partial charge in [0.15, 0.2) is 0 Å². The van der Waals surface area contributed by atoms with E-state index in [2.05, 4.69) is 0 Å². The summed E-state index contributed by atoms with van der Waals surface area (Å²) in [7, 11) is 0. The summed E-state index contributed by atoms with van der Waals surface area (Å²) in [6, 6.07) is 9.98. The van der Waals surface area contributed by atoms with E-state index < -0.39 is 29.6 Å². The molecule has 0 aliphatic carbocycles. The topological polar surface area (TPSA) is 40.5 Å². The van der Waals surface area contributed by atoms with Gasteiger partial charge in [0.1, 0.15) is 11.6 Å². The van der Waals surface area contributed by atoms with Crippen molar-refractivity contribution < 1.29 is 18.7 Å². The van der Waals surface area contributed by atoms with Gasteiger partial charge in [0.25, 0.3) is 0 Å². The van der Waals surface area contributed by atoms with Crippen LogP contribution in [-0.2, 0) is 4.79 Å². The van der Waals surface area contributed by atoms with Gasteiger partial charge in [-0.15, -0.1) is 0 Å². The maximum Gasteiger partial charge on any atom is 0.307 e. The number of halogens is 3. The molecule has 1 saturated heterocycles. The number of carboxylic acids is 1. The van der Waals surface area contributed by atoms with Gasteiger partial charge in [0.05, 0.1) is 12.0 Å². The van der Waals surface area contributed by atoms with Gasteiger partial charge in [-0.05, 0) is 37.1 Å². The summed E-state index contributed by atoms with van der Waals surface area (Å²) in [6.45, 7) is 0.915. The lowest BCUT2D eigenvalue weighted by Gasteiger charge is -2.38. The third-order valence-electron chi connectivity index (χ3n) is 4.62. The number of hydrogen-bond donors (Lipinski definition) is 1. The Kier molecular flexibility index (Phi) is 5.35. The van der Waals surface area contributed by atoms with E-state index in [0.717, 1.165) is 6.07 Å². The van der Waals surface area contributed by atoms with Crippen molar-refractivity contribution >= 4 is 17.6 Å². The molecule has 0 spiro atoms. The minimum Gasteiger partial charge on any atom is -0.481 e. The first-order chi connectivity index (χ1) is 12.0. The van der Waals surface area contributed by atoms with Crippen LogP contribution >= 0.6 is 11.6 Å². The molecule has 3 nitrogen and oxygen atoms in total. The quantitative estimate of drug-likeness (QED) is 0.867. The van der Waals surface area contributed by atoms with Crippen LogP contribution in [-0.4, -0.2) is 29.1 Å². The fourth-order valence-corrected chi connectivity index (χ4v) is 3.66. The van der Waals surface area contributed by atoms with Crippen molar-refractivity contribution in [3.63, 3.8) is 0 Å². The zero-order valence-electron chi connectivity index (χ0n) is 13.5. The first kappa shape index (κ1) is 17.8. The third-order valence-corrected chi connectivity index (χ3v) is 4.97. The van der Waals surface area contributed by atoms with Crippen LogP contribution in [0.4, 0.5) is 8.78 Å². The Labute approximate surface area is 149 Å². The summed E-state index contributed by atoms with van der Waals surface area (Å²) in [4.78, 5) is 13.3. The Bertz CT molecular complexity index is 784. The predicted molar refractivity (Wildman–Crippen MR) is 91.6 cm³/mol. The Morgan fingerprint density at radius 1 is 1.20 bits per heavy atom. The molecule has 2 aromatic carbocycles. The van der Waals surface area contributed by atoms with Gasteiger partial charge in [0, 0.05) is 23.2 Å². The number of hydrogen-bond acceptors (Lipinski definition) is 2. The van der Waals surface area contributed by atoms with E-state index in [-0.39, 0.29) is 0 Å². The molecule has 0 bridgehead atoms. The summed E-state index contributed by atoms with van der Waals surface area (Å²) in [6.07, 6.45) is 1.29. The lowest BCUT2D eigenvalue weighted by Crippen LogP contribution is -2.41. The molecule has 0 amide bonds. The largest absolute Gasteiger partial charge is 0.481 e. The van der Waals surface area contributed by atoms with E-state index in [4.69, 9.17) is 11.6 Å². The maximum atomic E-state index is 14.5. The molecule has 1 aliphatic heterocycles. The second kappa shape index (κ2) is 7.50. The zero-order valence-corrected chi connectivity index (χ0v) is 14.2. The maximum absolute atomic E-state index is 14.5. The third kappa shape index (κ3) is 3.83. The summed E-state index contributed by atoms with van der Waals surface area (Å²) >= 11 is 6.33. The molecule has 1 aliphatic rings. The van der Waals surface area contributed by atoms with Crippen LogP contribution in [0, 0.1) is 17.6 Å². The van der Waals surface area contributed by atoms with Crippen molar-refractivity contribution in [1.29, 1.82) is 0 Å². The number of aliphatic carboxylic acids is 1. The second-order valence-electron chi connectivity index (χ2n) is 6.26. The number of carbonyl (C=O) groups is 1. The molecule has 0 aromatic heterocycles. The Hall–Kier alpha value is -1.98. The SMILES string of the molecule is O=C(O)C1CCCN(C(c2ccc(F)cc2F)c2ccccc2Cl)C1.